The first-order chi connectivity index (χ1) is 28.9. The van der Waals surface area contributed by atoms with Gasteiger partial charge in [-0.3, -0.25) is 19.4 Å². The Balaban J connectivity index is 0.000000183. The Labute approximate surface area is 364 Å². The van der Waals surface area contributed by atoms with Crippen LogP contribution >= 0.6 is 11.6 Å². The number of Topliss-reactive ketones (excluding diaryl/α,β-unsaturated/α-hetero) is 1. The third kappa shape index (κ3) is 10.3. The second-order valence-corrected chi connectivity index (χ2v) is 17.8. The van der Waals surface area contributed by atoms with E-state index in [1.165, 1.54) is 32.0 Å². The maximum atomic E-state index is 12.4. The summed E-state index contributed by atoms with van der Waals surface area (Å²) in [6, 6.07) is 14.3. The number of benzene rings is 2. The highest BCUT2D eigenvalue weighted by molar-refractivity contribution is 6.31. The van der Waals surface area contributed by atoms with Crippen molar-refractivity contribution < 1.29 is 44.3 Å². The van der Waals surface area contributed by atoms with Gasteiger partial charge in [-0.25, -0.2) is 4.79 Å². The number of carboxylic acids is 1. The molecule has 0 bridgehead atoms. The predicted molar refractivity (Wildman–Crippen MR) is 237 cm³/mol. The highest BCUT2D eigenvalue weighted by atomic mass is 35.5. The summed E-state index contributed by atoms with van der Waals surface area (Å²) in [5, 5.41) is 45.8. The summed E-state index contributed by atoms with van der Waals surface area (Å²) in [7, 11) is 0. The number of nitrogens with one attached hydrogen (secondary N) is 1. The minimum atomic E-state index is -1.56. The zero-order chi connectivity index (χ0) is 44.7. The summed E-state index contributed by atoms with van der Waals surface area (Å²) >= 11 is 6.04. The molecule has 0 radical (unpaired) electrons. The van der Waals surface area contributed by atoms with Gasteiger partial charge in [-0.05, 0) is 132 Å². The highest BCUT2D eigenvalue weighted by Gasteiger charge is 2.68. The Bertz CT molecular complexity index is 2140. The zero-order valence-electron chi connectivity index (χ0n) is 36.2. The quantitative estimate of drug-likeness (QED) is 0.0885. The van der Waals surface area contributed by atoms with Gasteiger partial charge in [0.15, 0.2) is 11.6 Å². The van der Waals surface area contributed by atoms with Crippen LogP contribution in [0, 0.1) is 28.6 Å². The third-order valence-corrected chi connectivity index (χ3v) is 14.0. The van der Waals surface area contributed by atoms with E-state index >= 15 is 0 Å². The van der Waals surface area contributed by atoms with Gasteiger partial charge in [0.2, 0.25) is 0 Å². The Kier molecular flexibility index (Phi) is 15.7. The van der Waals surface area contributed by atoms with Crippen LogP contribution in [0.5, 0.6) is 5.75 Å². The summed E-state index contributed by atoms with van der Waals surface area (Å²) in [4.78, 5) is 52.2. The van der Waals surface area contributed by atoms with Crippen molar-refractivity contribution in [3.63, 3.8) is 0 Å². The fourth-order valence-corrected chi connectivity index (χ4v) is 10.7. The lowest BCUT2D eigenvalue weighted by atomic mass is 9.46. The molecule has 1 aromatic heterocycles. The van der Waals surface area contributed by atoms with Crippen molar-refractivity contribution in [1.82, 2.24) is 9.88 Å². The number of pyridine rings is 1. The number of aromatic nitrogens is 1. The summed E-state index contributed by atoms with van der Waals surface area (Å²) in [5.41, 5.74) is 0.516. The molecule has 4 aliphatic carbocycles. The van der Waals surface area contributed by atoms with E-state index in [0.717, 1.165) is 66.0 Å². The molecule has 8 atom stereocenters. The maximum Gasteiger partial charge on any atom is 0.339 e. The largest absolute Gasteiger partial charge is 0.478 e. The molecule has 1 unspecified atom stereocenters. The third-order valence-electron chi connectivity index (χ3n) is 13.7. The molecule has 4 aliphatic rings. The first-order valence-electron chi connectivity index (χ1n) is 21.4. The van der Waals surface area contributed by atoms with Gasteiger partial charge in [-0.2, -0.15) is 0 Å². The molecule has 13 heteroatoms. The van der Waals surface area contributed by atoms with Gasteiger partial charge in [-0.1, -0.05) is 63.1 Å². The van der Waals surface area contributed by atoms with Crippen LogP contribution < -0.4 is 10.1 Å². The molecule has 3 saturated carbocycles. The molecule has 5 N–H and O–H groups in total. The molecular weight excluding hydrogens is 798 g/mol. The number of carboxylic acid groups (broad SMARTS) is 1. The predicted octanol–water partition coefficient (Wildman–Crippen LogP) is 7.68. The second kappa shape index (κ2) is 20.2. The molecule has 3 aromatic rings. The molecular formula is C48H62ClN3O9. The van der Waals surface area contributed by atoms with E-state index in [9.17, 15) is 34.5 Å². The molecule has 12 nitrogen and oxygen atoms in total. The van der Waals surface area contributed by atoms with Crippen LogP contribution in [0.2, 0.25) is 5.02 Å². The lowest BCUT2D eigenvalue weighted by molar-refractivity contribution is -0.178. The van der Waals surface area contributed by atoms with Gasteiger partial charge in [0, 0.05) is 52.0 Å². The van der Waals surface area contributed by atoms with Gasteiger partial charge >= 0.3 is 11.9 Å². The van der Waals surface area contributed by atoms with E-state index in [1.54, 1.807) is 24.3 Å². The Hall–Kier alpha value is -4.46. The Morgan fingerprint density at radius 3 is 2.48 bits per heavy atom. The summed E-state index contributed by atoms with van der Waals surface area (Å²) in [6.07, 6.45) is 11.9. The van der Waals surface area contributed by atoms with E-state index in [2.05, 4.69) is 47.6 Å². The number of para-hydroxylation sites is 1. The summed E-state index contributed by atoms with van der Waals surface area (Å²) in [6.45, 7) is 14.7. The molecule has 2 aromatic carbocycles. The molecule has 3 fully saturated rings. The topological polar surface area (TPSA) is 187 Å². The number of rotatable bonds is 12. The molecule has 330 valence electrons. The minimum absolute atomic E-state index is 0.00912. The number of nitrogens with zero attached hydrogens (tertiary/aromatic N) is 2. The number of aromatic carboxylic acids is 1. The van der Waals surface area contributed by atoms with Gasteiger partial charge in [-0.15, -0.1) is 0 Å². The van der Waals surface area contributed by atoms with Crippen molar-refractivity contribution in [2.75, 3.05) is 31.6 Å². The summed E-state index contributed by atoms with van der Waals surface area (Å²) < 4.78 is 4.69. The number of aliphatic hydroxyl groups excluding tert-OH is 2. The molecule has 0 spiro atoms. The molecule has 0 aliphatic heterocycles. The SMILES string of the molecule is CC(=O)Oc1ccccc1C(=O)O.CCN(CC)CCCC(C)Nc1ccnc2cc(Cl)ccc12.C[C@]12C=CC(=O)C=C1CC[C@@H]1[C@@H]2[C@@H](O)C[C@@]2(C)[C@H]1CC[C@]2(O)C(=O)CO. The van der Waals surface area contributed by atoms with Crippen molar-refractivity contribution in [1.29, 1.82) is 0 Å². The molecule has 61 heavy (non-hydrogen) atoms. The number of fused-ring (bicyclic) bond motifs is 6. The number of hydrogen-bond acceptors (Lipinski definition) is 11. The van der Waals surface area contributed by atoms with Crippen molar-refractivity contribution in [3.05, 3.63) is 89.1 Å². The van der Waals surface area contributed by atoms with Crippen LogP contribution in [0.15, 0.2) is 78.5 Å². The van der Waals surface area contributed by atoms with Gasteiger partial charge < -0.3 is 35.4 Å². The standard InChI is InChI=1S/C21H28O5.C18H26ClN3.C9H8O4/c1-19-7-5-13(23)9-12(19)3-4-14-15-6-8-21(26,17(25)11-22)20(15,2)10-16(24)18(14)19;1-4-22(5-2)12-6-7-14(3)21-17-10-11-20-18-13-15(19)8-9-16(17)18;1-6(10)13-8-5-3-2-4-7(8)9(11)12/h5,7,9,14-16,18,22,24,26H,3-4,6,8,10-11H2,1-2H3;8-11,13-14H,4-7,12H2,1-3H3,(H,20,21);2-5H,1H3,(H,11,12)/t14-,15-,16-,18+,19-,20-,21-;;/m0../s1. The number of esters is 1. The highest BCUT2D eigenvalue weighted by Crippen LogP contribution is 2.67. The monoisotopic (exact) mass is 859 g/mol. The van der Waals surface area contributed by atoms with Gasteiger partial charge in [0.1, 0.15) is 23.5 Å². The van der Waals surface area contributed by atoms with Crippen LogP contribution in [0.1, 0.15) is 96.8 Å². The first-order valence-corrected chi connectivity index (χ1v) is 21.8. The minimum Gasteiger partial charge on any atom is -0.478 e. The number of carbonyl (C=O) groups is 4. The average molecular weight is 860 g/mol. The van der Waals surface area contributed by atoms with Crippen molar-refractivity contribution >= 4 is 51.7 Å². The van der Waals surface area contributed by atoms with Crippen LogP contribution in [0.3, 0.4) is 0 Å². The number of halogens is 1. The van der Waals surface area contributed by atoms with Crippen molar-refractivity contribution in [3.8, 4) is 5.75 Å². The number of carbonyl (C=O) groups excluding carboxylic acids is 3. The van der Waals surface area contributed by atoms with E-state index < -0.39 is 41.4 Å². The number of hydrogen-bond donors (Lipinski definition) is 5. The zero-order valence-corrected chi connectivity index (χ0v) is 37.0. The Morgan fingerprint density at radius 1 is 1.08 bits per heavy atom. The molecule has 0 saturated heterocycles. The Morgan fingerprint density at radius 2 is 1.80 bits per heavy atom. The fourth-order valence-electron chi connectivity index (χ4n) is 10.6. The number of aliphatic hydroxyl groups is 3. The van der Waals surface area contributed by atoms with Crippen LogP contribution in [0.25, 0.3) is 10.9 Å². The molecule has 1 heterocycles. The first kappa shape index (κ1) is 47.6. The van der Waals surface area contributed by atoms with Crippen molar-refractivity contribution in [2.45, 2.75) is 104 Å². The van der Waals surface area contributed by atoms with Gasteiger partial charge in [0.25, 0.3) is 0 Å². The normalized spacial score (nSPS) is 27.9. The summed E-state index contributed by atoms with van der Waals surface area (Å²) in [5.74, 6) is -1.80. The van der Waals surface area contributed by atoms with Crippen molar-refractivity contribution in [2.24, 2.45) is 28.6 Å². The number of anilines is 1. The number of ketones is 2. The number of ether oxygens (including phenoxy) is 1. The molecule has 7 rings (SSSR count). The van der Waals surface area contributed by atoms with E-state index in [-0.39, 0.29) is 40.3 Å². The number of allylic oxidation sites excluding steroid dienone is 4. The van der Waals surface area contributed by atoms with E-state index in [4.69, 9.17) is 16.7 Å². The van der Waals surface area contributed by atoms with Crippen LogP contribution in [-0.4, -0.2) is 97.8 Å². The van der Waals surface area contributed by atoms with E-state index in [0.29, 0.717) is 18.9 Å². The average Bonchev–Trinajstić information content (AvgIpc) is 3.49. The maximum absolute atomic E-state index is 12.4. The van der Waals surface area contributed by atoms with Gasteiger partial charge in [0.05, 0.1) is 11.6 Å². The van der Waals surface area contributed by atoms with E-state index in [1.807, 2.05) is 43.5 Å². The smallest absolute Gasteiger partial charge is 0.339 e. The van der Waals surface area contributed by atoms with Crippen LogP contribution in [0.4, 0.5) is 5.69 Å². The lowest BCUT2D eigenvalue weighted by Gasteiger charge is -2.59. The van der Waals surface area contributed by atoms with Crippen LogP contribution in [-0.2, 0) is 14.4 Å². The lowest BCUT2D eigenvalue weighted by Crippen LogP contribution is -2.61. The fraction of sp³-hybridized carbons (Fsp3) is 0.521. The molecule has 0 amide bonds. The second-order valence-electron chi connectivity index (χ2n) is 17.3.